The molecule has 0 bridgehead atoms. The second-order valence-corrected chi connectivity index (χ2v) is 8.67. The fourth-order valence-corrected chi connectivity index (χ4v) is 5.01. The number of rotatable bonds is 3. The molecule has 1 aliphatic rings. The van der Waals surface area contributed by atoms with E-state index < -0.39 is 15.9 Å². The van der Waals surface area contributed by atoms with Crippen LogP contribution in [0.25, 0.3) is 10.9 Å². The Bertz CT molecular complexity index is 1210. The van der Waals surface area contributed by atoms with Gasteiger partial charge in [-0.2, -0.15) is 5.26 Å². The lowest BCUT2D eigenvalue weighted by atomic mass is 10.0. The van der Waals surface area contributed by atoms with E-state index in [4.69, 9.17) is 0 Å². The summed E-state index contributed by atoms with van der Waals surface area (Å²) in [6, 6.07) is 12.7. The highest BCUT2D eigenvalue weighted by atomic mass is 32.2. The lowest BCUT2D eigenvalue weighted by Crippen LogP contribution is -2.01. The highest BCUT2D eigenvalue weighted by Crippen LogP contribution is 2.38. The largest absolute Gasteiger partial charge is 0.389 e. The highest BCUT2D eigenvalue weighted by Gasteiger charge is 2.29. The number of benzene rings is 2. The highest BCUT2D eigenvalue weighted by molar-refractivity contribution is 7.91. The van der Waals surface area contributed by atoms with Gasteiger partial charge < -0.3 is 10.4 Å². The second-order valence-electron chi connectivity index (χ2n) is 6.59. The number of nitriles is 1. The molecule has 0 saturated heterocycles. The van der Waals surface area contributed by atoms with Crippen molar-refractivity contribution in [3.8, 4) is 6.07 Å². The average molecular weight is 379 g/mol. The second kappa shape index (κ2) is 6.34. The zero-order chi connectivity index (χ0) is 19.2. The molecule has 6 nitrogen and oxygen atoms in total. The summed E-state index contributed by atoms with van der Waals surface area (Å²) in [6.45, 7) is 1.68. The van der Waals surface area contributed by atoms with Crippen LogP contribution in [0.15, 0.2) is 47.5 Å². The number of hydrogen-bond acceptors (Lipinski definition) is 6. The van der Waals surface area contributed by atoms with Crippen LogP contribution in [-0.2, 0) is 16.3 Å². The Morgan fingerprint density at radius 3 is 2.85 bits per heavy atom. The first-order valence-electron chi connectivity index (χ1n) is 8.53. The number of sulfone groups is 1. The van der Waals surface area contributed by atoms with Crippen molar-refractivity contribution in [3.05, 3.63) is 59.3 Å². The molecule has 0 fully saturated rings. The van der Waals surface area contributed by atoms with Gasteiger partial charge in [-0.05, 0) is 48.7 Å². The number of pyridine rings is 1. The van der Waals surface area contributed by atoms with Crippen LogP contribution in [-0.4, -0.2) is 24.3 Å². The molecule has 2 aromatic carbocycles. The zero-order valence-corrected chi connectivity index (χ0v) is 15.4. The standard InChI is InChI=1S/C20H17N3O3S/c1-12(24)13-3-2-4-15(9-13)23-20-14(10-21)11-22-17-5-6-18-16(19(17)20)7-8-27(18,25)26/h2-6,9,11-12,24H,7-8H2,1H3,(H,22,23). The number of aliphatic hydroxyl groups excluding tert-OH is 1. The van der Waals surface area contributed by atoms with Gasteiger partial charge in [-0.15, -0.1) is 0 Å². The molecule has 1 aliphatic heterocycles. The molecule has 0 radical (unpaired) electrons. The topological polar surface area (TPSA) is 103 Å². The fourth-order valence-electron chi connectivity index (χ4n) is 3.46. The number of aliphatic hydroxyl groups is 1. The minimum atomic E-state index is -3.30. The normalized spacial score (nSPS) is 15.9. The van der Waals surface area contributed by atoms with E-state index in [1.165, 1.54) is 6.20 Å². The zero-order valence-electron chi connectivity index (χ0n) is 14.6. The number of nitrogens with zero attached hydrogens (tertiary/aromatic N) is 2. The molecule has 2 N–H and O–H groups in total. The maximum atomic E-state index is 12.3. The van der Waals surface area contributed by atoms with Gasteiger partial charge in [0.1, 0.15) is 6.07 Å². The molecule has 1 atom stereocenters. The Morgan fingerprint density at radius 2 is 2.11 bits per heavy atom. The van der Waals surface area contributed by atoms with Gasteiger partial charge in [0, 0.05) is 17.3 Å². The summed E-state index contributed by atoms with van der Waals surface area (Å²) in [5, 5.41) is 23.3. The molecular formula is C20H17N3O3S. The average Bonchev–Trinajstić information content (AvgIpc) is 2.97. The van der Waals surface area contributed by atoms with Gasteiger partial charge >= 0.3 is 0 Å². The first-order valence-corrected chi connectivity index (χ1v) is 10.2. The van der Waals surface area contributed by atoms with Crippen molar-refractivity contribution < 1.29 is 13.5 Å². The fraction of sp³-hybridized carbons (Fsp3) is 0.200. The molecule has 4 rings (SSSR count). The van der Waals surface area contributed by atoms with Gasteiger partial charge in [-0.25, -0.2) is 8.42 Å². The van der Waals surface area contributed by atoms with Crippen LogP contribution in [0.3, 0.4) is 0 Å². The van der Waals surface area contributed by atoms with Gasteiger partial charge in [0.25, 0.3) is 0 Å². The Kier molecular flexibility index (Phi) is 4.10. The van der Waals surface area contributed by atoms with E-state index in [0.29, 0.717) is 44.7 Å². The first kappa shape index (κ1) is 17.5. The number of fused-ring (bicyclic) bond motifs is 3. The molecule has 1 aromatic heterocycles. The number of anilines is 2. The van der Waals surface area contributed by atoms with Gasteiger partial charge in [0.05, 0.1) is 33.5 Å². The predicted octanol–water partition coefficient (Wildman–Crippen LogP) is 3.23. The lowest BCUT2D eigenvalue weighted by Gasteiger charge is -2.15. The quantitative estimate of drug-likeness (QED) is 0.724. The van der Waals surface area contributed by atoms with E-state index in [-0.39, 0.29) is 5.75 Å². The van der Waals surface area contributed by atoms with Crippen molar-refractivity contribution >= 4 is 32.1 Å². The van der Waals surface area contributed by atoms with Crippen LogP contribution in [0.5, 0.6) is 0 Å². The number of hydrogen-bond donors (Lipinski definition) is 2. The van der Waals surface area contributed by atoms with Crippen molar-refractivity contribution in [1.82, 2.24) is 4.98 Å². The molecule has 2 heterocycles. The van der Waals surface area contributed by atoms with Crippen molar-refractivity contribution in [2.75, 3.05) is 11.1 Å². The Balaban J connectivity index is 1.95. The first-order chi connectivity index (χ1) is 12.9. The monoisotopic (exact) mass is 379 g/mol. The summed E-state index contributed by atoms with van der Waals surface area (Å²) >= 11 is 0. The number of aromatic nitrogens is 1. The van der Waals surface area contributed by atoms with Crippen LogP contribution in [0.2, 0.25) is 0 Å². The van der Waals surface area contributed by atoms with E-state index in [0.717, 1.165) is 5.56 Å². The van der Waals surface area contributed by atoms with Crippen LogP contribution in [0, 0.1) is 11.3 Å². The molecule has 3 aromatic rings. The molecule has 0 amide bonds. The molecule has 0 saturated carbocycles. The third kappa shape index (κ3) is 2.93. The summed E-state index contributed by atoms with van der Waals surface area (Å²) < 4.78 is 24.6. The minimum Gasteiger partial charge on any atom is -0.389 e. The number of nitrogens with one attached hydrogen (secondary N) is 1. The van der Waals surface area contributed by atoms with E-state index >= 15 is 0 Å². The maximum absolute atomic E-state index is 12.3. The van der Waals surface area contributed by atoms with Gasteiger partial charge in [-0.3, -0.25) is 4.98 Å². The Morgan fingerprint density at radius 1 is 1.30 bits per heavy atom. The molecule has 136 valence electrons. The number of aryl methyl sites for hydroxylation is 1. The molecular weight excluding hydrogens is 362 g/mol. The molecule has 27 heavy (non-hydrogen) atoms. The third-order valence-corrected chi connectivity index (χ3v) is 6.61. The van der Waals surface area contributed by atoms with Crippen LogP contribution in [0.1, 0.15) is 29.7 Å². The summed E-state index contributed by atoms with van der Waals surface area (Å²) in [4.78, 5) is 4.64. The molecule has 7 heteroatoms. The summed E-state index contributed by atoms with van der Waals surface area (Å²) in [5.74, 6) is 0.0647. The van der Waals surface area contributed by atoms with Crippen LogP contribution in [0.4, 0.5) is 11.4 Å². The lowest BCUT2D eigenvalue weighted by molar-refractivity contribution is 0.199. The van der Waals surface area contributed by atoms with Crippen molar-refractivity contribution in [3.63, 3.8) is 0 Å². The van der Waals surface area contributed by atoms with Gasteiger partial charge in [-0.1, -0.05) is 12.1 Å². The molecule has 0 aliphatic carbocycles. The van der Waals surface area contributed by atoms with E-state index in [2.05, 4.69) is 16.4 Å². The Hall–Kier alpha value is -2.95. The smallest absolute Gasteiger partial charge is 0.179 e. The van der Waals surface area contributed by atoms with Gasteiger partial charge in [0.2, 0.25) is 0 Å². The SMILES string of the molecule is CC(O)c1cccc(Nc2c(C#N)cnc3ccc4c(c23)CCS4(=O)=O)c1. The molecule has 0 spiro atoms. The summed E-state index contributed by atoms with van der Waals surface area (Å²) in [7, 11) is -3.30. The van der Waals surface area contributed by atoms with Crippen molar-refractivity contribution in [1.29, 1.82) is 5.26 Å². The predicted molar refractivity (Wildman–Crippen MR) is 103 cm³/mol. The minimum absolute atomic E-state index is 0.0647. The van der Waals surface area contributed by atoms with Crippen molar-refractivity contribution in [2.24, 2.45) is 0 Å². The molecule has 1 unspecified atom stereocenters. The van der Waals surface area contributed by atoms with E-state index in [9.17, 15) is 18.8 Å². The van der Waals surface area contributed by atoms with Crippen LogP contribution >= 0.6 is 0 Å². The summed E-state index contributed by atoms with van der Waals surface area (Å²) in [5.41, 5.74) is 3.66. The third-order valence-electron chi connectivity index (χ3n) is 4.81. The van der Waals surface area contributed by atoms with Crippen molar-refractivity contribution in [2.45, 2.75) is 24.3 Å². The Labute approximate surface area is 157 Å². The van der Waals surface area contributed by atoms with E-state index in [1.807, 2.05) is 18.2 Å². The van der Waals surface area contributed by atoms with Gasteiger partial charge in [0.15, 0.2) is 9.84 Å². The van der Waals surface area contributed by atoms with Crippen LogP contribution < -0.4 is 5.32 Å². The summed E-state index contributed by atoms with van der Waals surface area (Å²) in [6.07, 6.45) is 1.26. The van der Waals surface area contributed by atoms with E-state index in [1.54, 1.807) is 25.1 Å². The maximum Gasteiger partial charge on any atom is 0.179 e.